The van der Waals surface area contributed by atoms with Gasteiger partial charge in [-0.1, -0.05) is 164 Å². The molecule has 0 bridgehead atoms. The number of aromatic nitrogens is 2. The maximum atomic E-state index is 9.06. The molecule has 11 aromatic rings. The summed E-state index contributed by atoms with van der Waals surface area (Å²) in [6.07, 6.45) is 3.85. The highest BCUT2D eigenvalue weighted by Crippen LogP contribution is 2.49. The molecule has 0 atom stereocenters. The van der Waals surface area contributed by atoms with Crippen LogP contribution >= 0.6 is 0 Å². The quantitative estimate of drug-likeness (QED) is 0.101. The second kappa shape index (κ2) is 12.8. The van der Waals surface area contributed by atoms with E-state index in [9.17, 15) is 0 Å². The van der Waals surface area contributed by atoms with Crippen molar-refractivity contribution < 1.29 is 0 Å². The topological polar surface area (TPSA) is 46.1 Å². The van der Waals surface area contributed by atoms with Crippen LogP contribution in [0.1, 0.15) is 11.1 Å². The van der Waals surface area contributed by atoms with E-state index in [0.29, 0.717) is 11.4 Å². The Morgan fingerprint density at radius 1 is 0.411 bits per heavy atom. The first-order valence-electron chi connectivity index (χ1n) is 19.0. The first kappa shape index (κ1) is 31.9. The zero-order chi connectivity index (χ0) is 37.2. The molecule has 0 spiro atoms. The lowest BCUT2D eigenvalue weighted by atomic mass is 9.90. The van der Waals surface area contributed by atoms with Gasteiger partial charge in [0.2, 0.25) is 0 Å². The minimum absolute atomic E-state index is 0.406. The molecule has 4 nitrogen and oxygen atoms in total. The van der Waals surface area contributed by atoms with Crippen LogP contribution in [0.15, 0.2) is 199 Å². The van der Waals surface area contributed by atoms with Crippen molar-refractivity contribution in [3.63, 3.8) is 0 Å². The fourth-order valence-corrected chi connectivity index (χ4v) is 8.86. The van der Waals surface area contributed by atoms with Crippen LogP contribution in [0, 0.1) is 5.41 Å². The van der Waals surface area contributed by atoms with Crippen LogP contribution in [0.4, 0.5) is 0 Å². The summed E-state index contributed by atoms with van der Waals surface area (Å²) < 4.78 is 4.73. The van der Waals surface area contributed by atoms with Gasteiger partial charge in [-0.15, -0.1) is 0 Å². The largest absolute Gasteiger partial charge is 0.309 e. The molecule has 9 aromatic carbocycles. The Bertz CT molecular complexity index is 3410. The number of hydrogen-bond acceptors (Lipinski definition) is 2. The van der Waals surface area contributed by atoms with E-state index in [0.717, 1.165) is 27.8 Å². The van der Waals surface area contributed by atoms with Gasteiger partial charge in [0.25, 0.3) is 0 Å². The molecule has 262 valence electrons. The van der Waals surface area contributed by atoms with Gasteiger partial charge < -0.3 is 9.98 Å². The summed E-state index contributed by atoms with van der Waals surface area (Å²) in [5, 5.41) is 21.1. The number of hydrogen-bond donors (Lipinski definition) is 1. The highest BCUT2D eigenvalue weighted by Gasteiger charge is 2.25. The van der Waals surface area contributed by atoms with Crippen molar-refractivity contribution >= 4 is 93.7 Å². The van der Waals surface area contributed by atoms with E-state index in [1.165, 1.54) is 64.9 Å². The Labute approximate surface area is 323 Å². The second-order valence-electron chi connectivity index (χ2n) is 14.3. The van der Waals surface area contributed by atoms with Gasteiger partial charge in [-0.05, 0) is 52.1 Å². The van der Waals surface area contributed by atoms with Crippen molar-refractivity contribution in [2.45, 2.75) is 0 Å². The van der Waals surface area contributed by atoms with E-state index in [1.54, 1.807) is 0 Å². The molecule has 2 heterocycles. The zero-order valence-electron chi connectivity index (χ0n) is 30.4. The van der Waals surface area contributed by atoms with Crippen molar-refractivity contribution in [3.8, 4) is 5.69 Å². The van der Waals surface area contributed by atoms with Gasteiger partial charge in [0, 0.05) is 49.0 Å². The van der Waals surface area contributed by atoms with Gasteiger partial charge in [-0.2, -0.15) is 0 Å². The summed E-state index contributed by atoms with van der Waals surface area (Å²) in [4.78, 5) is 5.28. The number of nitrogens with one attached hydrogen (secondary N) is 1. The Kier molecular flexibility index (Phi) is 7.29. The minimum Gasteiger partial charge on any atom is -0.309 e. The maximum absolute atomic E-state index is 9.06. The molecule has 56 heavy (non-hydrogen) atoms. The van der Waals surface area contributed by atoms with Crippen LogP contribution in [0.3, 0.4) is 0 Å². The lowest BCUT2D eigenvalue weighted by Gasteiger charge is -2.16. The average molecular weight is 715 g/mol. The summed E-state index contributed by atoms with van der Waals surface area (Å²) >= 11 is 0. The lowest BCUT2D eigenvalue weighted by Crippen LogP contribution is -2.00. The molecular weight excluding hydrogens is 681 g/mol. The highest BCUT2D eigenvalue weighted by molar-refractivity contribution is 6.45. The van der Waals surface area contributed by atoms with Gasteiger partial charge >= 0.3 is 0 Å². The van der Waals surface area contributed by atoms with Gasteiger partial charge in [-0.25, -0.2) is 4.99 Å². The van der Waals surface area contributed by atoms with Gasteiger partial charge in [0.05, 0.1) is 33.5 Å². The molecule has 0 aliphatic carbocycles. The maximum Gasteiger partial charge on any atom is 0.100 e. The van der Waals surface area contributed by atoms with Crippen molar-refractivity contribution in [3.05, 3.63) is 205 Å². The summed E-state index contributed by atoms with van der Waals surface area (Å²) in [7, 11) is 0. The summed E-state index contributed by atoms with van der Waals surface area (Å²) in [6.45, 7) is 0. The molecule has 0 saturated heterocycles. The number of nitrogens with zero attached hydrogens (tertiary/aromatic N) is 3. The number of aliphatic imine (C=N–C) groups is 1. The van der Waals surface area contributed by atoms with Gasteiger partial charge in [-0.3, -0.25) is 4.57 Å². The summed E-state index contributed by atoms with van der Waals surface area (Å²) in [5.41, 5.74) is 8.62. The smallest absolute Gasteiger partial charge is 0.100 e. The molecule has 2 aromatic heterocycles. The van der Waals surface area contributed by atoms with Crippen molar-refractivity contribution in [1.29, 1.82) is 5.41 Å². The van der Waals surface area contributed by atoms with E-state index < -0.39 is 0 Å². The normalized spacial score (nSPS) is 12.4. The second-order valence-corrected chi connectivity index (χ2v) is 14.3. The van der Waals surface area contributed by atoms with Crippen LogP contribution in [-0.4, -0.2) is 21.2 Å². The van der Waals surface area contributed by atoms with Crippen molar-refractivity contribution in [2.75, 3.05) is 0 Å². The Morgan fingerprint density at radius 3 is 1.54 bits per heavy atom. The fourth-order valence-electron chi connectivity index (χ4n) is 8.86. The lowest BCUT2D eigenvalue weighted by molar-refractivity contribution is 1.19. The fraction of sp³-hybridized carbons (Fsp3) is 0. The number of benzene rings is 9. The van der Waals surface area contributed by atoms with Crippen molar-refractivity contribution in [2.24, 2.45) is 4.99 Å². The summed E-state index contributed by atoms with van der Waals surface area (Å²) in [5.74, 6) is 0. The first-order chi connectivity index (χ1) is 27.8. The molecule has 11 rings (SSSR count). The van der Waals surface area contributed by atoms with E-state index >= 15 is 0 Å². The van der Waals surface area contributed by atoms with Crippen LogP contribution in [0.5, 0.6) is 0 Å². The molecular formula is C52H34N4. The number of para-hydroxylation sites is 3. The number of rotatable bonds is 6. The van der Waals surface area contributed by atoms with Gasteiger partial charge in [0.1, 0.15) is 6.34 Å². The molecule has 0 aliphatic rings. The average Bonchev–Trinajstić information content (AvgIpc) is 3.79. The predicted molar refractivity (Wildman–Crippen MR) is 238 cm³/mol. The molecule has 4 heteroatoms. The predicted octanol–water partition coefficient (Wildman–Crippen LogP) is 13.3. The SMILES string of the molecule is N=C(/C=C(\N=C\n1c2ccccc2c2c3ccccc3c3c(c4ccccc4c4c3c3ccccc3n4-c3ccccc3)c21)c1ccccc1)c1ccccc1. The Balaban J connectivity index is 1.33. The third-order valence-corrected chi connectivity index (χ3v) is 11.2. The summed E-state index contributed by atoms with van der Waals surface area (Å²) in [6, 6.07) is 66.1. The number of allylic oxidation sites excluding steroid dienone is 1. The molecule has 0 aliphatic heterocycles. The van der Waals surface area contributed by atoms with Crippen molar-refractivity contribution in [1.82, 2.24) is 9.13 Å². The zero-order valence-corrected chi connectivity index (χ0v) is 30.4. The molecule has 0 radical (unpaired) electrons. The minimum atomic E-state index is 0.406. The first-order valence-corrected chi connectivity index (χ1v) is 19.0. The van der Waals surface area contributed by atoms with Gasteiger partial charge in [0.15, 0.2) is 0 Å². The third-order valence-electron chi connectivity index (χ3n) is 11.2. The van der Waals surface area contributed by atoms with Crippen LogP contribution < -0.4 is 0 Å². The standard InChI is InChI=1S/C52H34N4/c53-43(34-18-4-1-5-19-34)32-44(35-20-6-2-7-21-35)54-33-55-45-30-16-14-28-41(45)47-37-24-10-11-25-38(37)48-49(52(47)55)39-26-12-13-27-40(39)51-50(48)42-29-15-17-31-46(42)56(51)36-22-8-3-9-23-36/h1-33,53H/b44-32-,53-43?,54-33+. The monoisotopic (exact) mass is 714 g/mol. The molecule has 0 fully saturated rings. The Hall–Kier alpha value is -7.56. The molecule has 0 amide bonds. The van der Waals surface area contributed by atoms with E-state index in [-0.39, 0.29) is 0 Å². The van der Waals surface area contributed by atoms with E-state index in [1.807, 2.05) is 60.9 Å². The highest BCUT2D eigenvalue weighted by atomic mass is 15.0. The van der Waals surface area contributed by atoms with E-state index in [2.05, 4.69) is 149 Å². The van der Waals surface area contributed by atoms with E-state index in [4.69, 9.17) is 10.4 Å². The van der Waals surface area contributed by atoms with Crippen LogP contribution in [0.25, 0.3) is 87.3 Å². The van der Waals surface area contributed by atoms with Crippen LogP contribution in [-0.2, 0) is 0 Å². The number of fused-ring (bicyclic) bond motifs is 15. The molecule has 0 saturated carbocycles. The molecule has 0 unspecified atom stereocenters. The molecule has 1 N–H and O–H groups in total. The van der Waals surface area contributed by atoms with Crippen LogP contribution in [0.2, 0.25) is 0 Å². The third kappa shape index (κ3) is 4.79. The Morgan fingerprint density at radius 2 is 0.875 bits per heavy atom.